The summed E-state index contributed by atoms with van der Waals surface area (Å²) in [6.45, 7) is 11.0. The average molecular weight is 262 g/mol. The van der Waals surface area contributed by atoms with Gasteiger partial charge in [0.2, 0.25) is 0 Å². The lowest BCUT2D eigenvalue weighted by atomic mass is 10.1. The van der Waals surface area contributed by atoms with E-state index in [1.54, 1.807) is 0 Å². The first-order chi connectivity index (χ1) is 9.13. The predicted molar refractivity (Wildman–Crippen MR) is 85.9 cm³/mol. The Bertz CT molecular complexity index is 370. The van der Waals surface area contributed by atoms with Crippen LogP contribution in [-0.4, -0.2) is 19.6 Å². The molecular formula is C17H30N2. The minimum atomic E-state index is 0.642. The largest absolute Gasteiger partial charge is 0.372 e. The van der Waals surface area contributed by atoms with E-state index >= 15 is 0 Å². The van der Waals surface area contributed by atoms with Gasteiger partial charge in [-0.1, -0.05) is 26.8 Å². The molecule has 0 aliphatic rings. The fourth-order valence-corrected chi connectivity index (χ4v) is 2.54. The van der Waals surface area contributed by atoms with Crippen LogP contribution in [0.4, 0.5) is 5.69 Å². The van der Waals surface area contributed by atoms with Gasteiger partial charge in [0.15, 0.2) is 0 Å². The summed E-state index contributed by atoms with van der Waals surface area (Å²) in [5, 5.41) is 3.47. The molecule has 2 nitrogen and oxygen atoms in total. The molecule has 0 fully saturated rings. The first-order valence-electron chi connectivity index (χ1n) is 7.67. The maximum absolute atomic E-state index is 3.47. The summed E-state index contributed by atoms with van der Waals surface area (Å²) in [4.78, 5) is 2.41. The molecule has 0 heterocycles. The van der Waals surface area contributed by atoms with E-state index in [4.69, 9.17) is 0 Å². The molecule has 19 heavy (non-hydrogen) atoms. The van der Waals surface area contributed by atoms with Crippen molar-refractivity contribution in [3.63, 3.8) is 0 Å². The molecule has 108 valence electrons. The second-order valence-corrected chi connectivity index (χ2v) is 5.37. The van der Waals surface area contributed by atoms with E-state index in [2.05, 4.69) is 63.2 Å². The van der Waals surface area contributed by atoms with E-state index in [1.807, 2.05) is 0 Å². The van der Waals surface area contributed by atoms with Crippen LogP contribution in [0.1, 0.15) is 51.2 Å². The zero-order chi connectivity index (χ0) is 14.3. The number of nitrogens with one attached hydrogen (secondary N) is 1. The van der Waals surface area contributed by atoms with Gasteiger partial charge in [0.05, 0.1) is 0 Å². The molecule has 1 rings (SSSR count). The van der Waals surface area contributed by atoms with Crippen LogP contribution in [0.2, 0.25) is 0 Å². The number of rotatable bonds is 8. The van der Waals surface area contributed by atoms with Gasteiger partial charge in [0, 0.05) is 25.3 Å². The van der Waals surface area contributed by atoms with Gasteiger partial charge in [-0.15, -0.1) is 0 Å². The second kappa shape index (κ2) is 8.21. The quantitative estimate of drug-likeness (QED) is 0.709. The summed E-state index contributed by atoms with van der Waals surface area (Å²) in [5.41, 5.74) is 4.14. The van der Waals surface area contributed by atoms with Crippen molar-refractivity contribution in [2.75, 3.05) is 18.5 Å². The molecule has 0 bridgehead atoms. The molecule has 0 spiro atoms. The normalized spacial score (nSPS) is 11.1. The SMILES string of the molecule is CCCNCc1ccc(N(C)C(CC)CC)cc1C. The zero-order valence-corrected chi connectivity index (χ0v) is 13.3. The van der Waals surface area contributed by atoms with Gasteiger partial charge < -0.3 is 10.2 Å². The third-order valence-corrected chi connectivity index (χ3v) is 3.97. The van der Waals surface area contributed by atoms with Crippen molar-refractivity contribution in [3.8, 4) is 0 Å². The van der Waals surface area contributed by atoms with E-state index in [0.717, 1.165) is 13.1 Å². The molecule has 1 aromatic rings. The third-order valence-electron chi connectivity index (χ3n) is 3.97. The molecule has 0 unspecified atom stereocenters. The Hall–Kier alpha value is -1.02. The van der Waals surface area contributed by atoms with Crippen LogP contribution in [0.3, 0.4) is 0 Å². The molecule has 0 aliphatic carbocycles. The number of benzene rings is 1. The standard InChI is InChI=1S/C17H30N2/c1-6-11-18-13-15-9-10-17(12-14(15)4)19(5)16(7-2)8-3/h9-10,12,16,18H,6-8,11,13H2,1-5H3. The summed E-state index contributed by atoms with van der Waals surface area (Å²) in [5.74, 6) is 0. The summed E-state index contributed by atoms with van der Waals surface area (Å²) in [7, 11) is 2.21. The Kier molecular flexibility index (Phi) is 6.93. The average Bonchev–Trinajstić information content (AvgIpc) is 2.42. The third kappa shape index (κ3) is 4.54. The number of anilines is 1. The maximum atomic E-state index is 3.47. The Balaban J connectivity index is 2.75. The minimum Gasteiger partial charge on any atom is -0.372 e. The van der Waals surface area contributed by atoms with E-state index in [1.165, 1.54) is 36.1 Å². The van der Waals surface area contributed by atoms with E-state index < -0.39 is 0 Å². The summed E-state index contributed by atoms with van der Waals surface area (Å²) >= 11 is 0. The molecule has 0 atom stereocenters. The summed E-state index contributed by atoms with van der Waals surface area (Å²) < 4.78 is 0. The van der Waals surface area contributed by atoms with Crippen molar-refractivity contribution < 1.29 is 0 Å². The topological polar surface area (TPSA) is 15.3 Å². The lowest BCUT2D eigenvalue weighted by Crippen LogP contribution is -2.30. The highest BCUT2D eigenvalue weighted by Crippen LogP contribution is 2.22. The number of aryl methyl sites for hydroxylation is 1. The van der Waals surface area contributed by atoms with Crippen molar-refractivity contribution in [1.29, 1.82) is 0 Å². The minimum absolute atomic E-state index is 0.642. The van der Waals surface area contributed by atoms with Crippen molar-refractivity contribution in [1.82, 2.24) is 5.32 Å². The monoisotopic (exact) mass is 262 g/mol. The molecule has 1 aromatic carbocycles. The predicted octanol–water partition coefficient (Wildman–Crippen LogP) is 4.12. The van der Waals surface area contributed by atoms with E-state index in [-0.39, 0.29) is 0 Å². The van der Waals surface area contributed by atoms with E-state index in [0.29, 0.717) is 6.04 Å². The van der Waals surface area contributed by atoms with Crippen LogP contribution in [0.25, 0.3) is 0 Å². The molecule has 1 N–H and O–H groups in total. The molecule has 2 heteroatoms. The Morgan fingerprint density at radius 3 is 2.37 bits per heavy atom. The summed E-state index contributed by atoms with van der Waals surface area (Å²) in [6.07, 6.45) is 3.59. The number of nitrogens with zero attached hydrogens (tertiary/aromatic N) is 1. The fraction of sp³-hybridized carbons (Fsp3) is 0.647. The van der Waals surface area contributed by atoms with Crippen molar-refractivity contribution in [3.05, 3.63) is 29.3 Å². The van der Waals surface area contributed by atoms with Gasteiger partial charge in [0.1, 0.15) is 0 Å². The highest BCUT2D eigenvalue weighted by molar-refractivity contribution is 5.51. The van der Waals surface area contributed by atoms with Crippen molar-refractivity contribution in [2.45, 2.75) is 59.5 Å². The van der Waals surface area contributed by atoms with Gasteiger partial charge in [0.25, 0.3) is 0 Å². The van der Waals surface area contributed by atoms with Crippen molar-refractivity contribution in [2.24, 2.45) is 0 Å². The molecule has 0 radical (unpaired) electrons. The smallest absolute Gasteiger partial charge is 0.0368 e. The second-order valence-electron chi connectivity index (χ2n) is 5.37. The van der Waals surface area contributed by atoms with Crippen molar-refractivity contribution >= 4 is 5.69 Å². The molecular weight excluding hydrogens is 232 g/mol. The molecule has 0 saturated heterocycles. The Morgan fingerprint density at radius 2 is 1.84 bits per heavy atom. The molecule has 0 aromatic heterocycles. The molecule has 0 aliphatic heterocycles. The van der Waals surface area contributed by atoms with Crippen LogP contribution in [-0.2, 0) is 6.54 Å². The highest BCUT2D eigenvalue weighted by Gasteiger charge is 2.11. The molecule has 0 amide bonds. The van der Waals surface area contributed by atoms with E-state index in [9.17, 15) is 0 Å². The first kappa shape index (κ1) is 16.0. The lowest BCUT2D eigenvalue weighted by Gasteiger charge is -2.29. The van der Waals surface area contributed by atoms with Gasteiger partial charge >= 0.3 is 0 Å². The summed E-state index contributed by atoms with van der Waals surface area (Å²) in [6, 6.07) is 7.49. The van der Waals surface area contributed by atoms with Gasteiger partial charge in [-0.2, -0.15) is 0 Å². The van der Waals surface area contributed by atoms with Crippen LogP contribution in [0.5, 0.6) is 0 Å². The number of hydrogen-bond donors (Lipinski definition) is 1. The Morgan fingerprint density at radius 1 is 1.16 bits per heavy atom. The van der Waals surface area contributed by atoms with Crippen LogP contribution in [0.15, 0.2) is 18.2 Å². The first-order valence-corrected chi connectivity index (χ1v) is 7.67. The van der Waals surface area contributed by atoms with Gasteiger partial charge in [-0.05, 0) is 56.0 Å². The van der Waals surface area contributed by atoms with Crippen LogP contribution < -0.4 is 10.2 Å². The highest BCUT2D eigenvalue weighted by atomic mass is 15.1. The molecule has 0 saturated carbocycles. The zero-order valence-electron chi connectivity index (χ0n) is 13.3. The van der Waals surface area contributed by atoms with Crippen LogP contribution in [0, 0.1) is 6.92 Å². The maximum Gasteiger partial charge on any atom is 0.0368 e. The van der Waals surface area contributed by atoms with Gasteiger partial charge in [-0.3, -0.25) is 0 Å². The van der Waals surface area contributed by atoms with Crippen LogP contribution >= 0.6 is 0 Å². The number of hydrogen-bond acceptors (Lipinski definition) is 2. The lowest BCUT2D eigenvalue weighted by molar-refractivity contribution is 0.591. The fourth-order valence-electron chi connectivity index (χ4n) is 2.54. The Labute approximate surface area is 119 Å². The van der Waals surface area contributed by atoms with Gasteiger partial charge in [-0.25, -0.2) is 0 Å².